The zero-order valence-electron chi connectivity index (χ0n) is 6.54. The van der Waals surface area contributed by atoms with Gasteiger partial charge in [-0.2, -0.15) is 0 Å². The Kier molecular flexibility index (Phi) is 2.65. The Morgan fingerprint density at radius 3 is 2.70 bits per heavy atom. The molecule has 3 nitrogen and oxygen atoms in total. The second-order valence-electron chi connectivity index (χ2n) is 2.75. The van der Waals surface area contributed by atoms with Gasteiger partial charge < -0.3 is 15.2 Å². The fraction of sp³-hybridized carbons (Fsp3) is 1.00. The highest BCUT2D eigenvalue weighted by molar-refractivity contribution is 4.74. The standard InChI is InChI=1S/C7H15NO2/c1-5-6(8)3-4-7(9-2)10-5/h5-7H,3-4,8H2,1-2H3/t5-,6-,7+/m0/s1. The zero-order chi connectivity index (χ0) is 7.56. The summed E-state index contributed by atoms with van der Waals surface area (Å²) in [5.74, 6) is 0. The minimum Gasteiger partial charge on any atom is -0.356 e. The highest BCUT2D eigenvalue weighted by Crippen LogP contribution is 2.17. The molecule has 0 saturated carbocycles. The lowest BCUT2D eigenvalue weighted by Crippen LogP contribution is -2.42. The number of hydrogen-bond donors (Lipinski definition) is 1. The Labute approximate surface area is 61.5 Å². The molecule has 1 heterocycles. The van der Waals surface area contributed by atoms with Gasteiger partial charge in [0.1, 0.15) is 0 Å². The molecule has 0 aromatic carbocycles. The molecule has 3 atom stereocenters. The molecule has 0 spiro atoms. The molecule has 0 aromatic rings. The van der Waals surface area contributed by atoms with Gasteiger partial charge in [-0.1, -0.05) is 0 Å². The SMILES string of the molecule is CO[C@H]1CC[C@H](N)[C@H](C)O1. The first-order valence-corrected chi connectivity index (χ1v) is 3.68. The Balaban J connectivity index is 2.33. The average molecular weight is 145 g/mol. The van der Waals surface area contributed by atoms with Gasteiger partial charge in [-0.25, -0.2) is 0 Å². The van der Waals surface area contributed by atoms with E-state index in [2.05, 4.69) is 0 Å². The Morgan fingerprint density at radius 1 is 1.50 bits per heavy atom. The van der Waals surface area contributed by atoms with Crippen molar-refractivity contribution in [1.29, 1.82) is 0 Å². The second-order valence-corrected chi connectivity index (χ2v) is 2.75. The van der Waals surface area contributed by atoms with E-state index in [1.807, 2.05) is 6.92 Å². The van der Waals surface area contributed by atoms with E-state index in [0.717, 1.165) is 12.8 Å². The van der Waals surface area contributed by atoms with Crippen LogP contribution in [0.25, 0.3) is 0 Å². The van der Waals surface area contributed by atoms with Crippen LogP contribution >= 0.6 is 0 Å². The second kappa shape index (κ2) is 3.32. The molecule has 1 rings (SSSR count). The molecule has 1 aliphatic heterocycles. The summed E-state index contributed by atoms with van der Waals surface area (Å²) in [6.07, 6.45) is 2.02. The zero-order valence-corrected chi connectivity index (χ0v) is 6.54. The molecule has 10 heavy (non-hydrogen) atoms. The predicted molar refractivity (Wildman–Crippen MR) is 38.6 cm³/mol. The third kappa shape index (κ3) is 1.68. The molecule has 0 amide bonds. The summed E-state index contributed by atoms with van der Waals surface area (Å²) >= 11 is 0. The molecule has 1 fully saturated rings. The third-order valence-electron chi connectivity index (χ3n) is 1.97. The molecule has 1 aliphatic rings. The van der Waals surface area contributed by atoms with E-state index in [9.17, 15) is 0 Å². The monoisotopic (exact) mass is 145 g/mol. The van der Waals surface area contributed by atoms with E-state index >= 15 is 0 Å². The smallest absolute Gasteiger partial charge is 0.157 e. The first kappa shape index (κ1) is 7.98. The van der Waals surface area contributed by atoms with Crippen LogP contribution in [-0.2, 0) is 9.47 Å². The number of ether oxygens (including phenoxy) is 2. The fourth-order valence-corrected chi connectivity index (χ4v) is 1.15. The minimum atomic E-state index is -0.0326. The van der Waals surface area contributed by atoms with Crippen LogP contribution in [0.1, 0.15) is 19.8 Å². The van der Waals surface area contributed by atoms with Crippen molar-refractivity contribution in [3.05, 3.63) is 0 Å². The maximum Gasteiger partial charge on any atom is 0.157 e. The van der Waals surface area contributed by atoms with Gasteiger partial charge in [0.25, 0.3) is 0 Å². The molecule has 0 bridgehead atoms. The maximum absolute atomic E-state index is 5.71. The summed E-state index contributed by atoms with van der Waals surface area (Å²) in [5.41, 5.74) is 5.71. The molecule has 60 valence electrons. The summed E-state index contributed by atoms with van der Waals surface area (Å²) in [4.78, 5) is 0. The Morgan fingerprint density at radius 2 is 2.20 bits per heavy atom. The average Bonchev–Trinajstić information content (AvgIpc) is 1.95. The normalized spacial score (nSPS) is 41.7. The number of methoxy groups -OCH3 is 1. The van der Waals surface area contributed by atoms with Crippen molar-refractivity contribution in [2.45, 2.75) is 38.2 Å². The molecule has 2 N–H and O–H groups in total. The fourth-order valence-electron chi connectivity index (χ4n) is 1.15. The minimum absolute atomic E-state index is 0.0326. The van der Waals surface area contributed by atoms with Crippen LogP contribution in [0.15, 0.2) is 0 Å². The van der Waals surface area contributed by atoms with Gasteiger partial charge in [-0.3, -0.25) is 0 Å². The molecule has 0 aromatic heterocycles. The Bertz CT molecular complexity index is 108. The van der Waals surface area contributed by atoms with Crippen molar-refractivity contribution in [1.82, 2.24) is 0 Å². The first-order valence-electron chi connectivity index (χ1n) is 3.68. The number of hydrogen-bond acceptors (Lipinski definition) is 3. The van der Waals surface area contributed by atoms with Gasteiger partial charge in [0.15, 0.2) is 6.29 Å². The number of nitrogens with two attached hydrogens (primary N) is 1. The largest absolute Gasteiger partial charge is 0.356 e. The van der Waals surface area contributed by atoms with Crippen molar-refractivity contribution in [3.8, 4) is 0 Å². The molecular weight excluding hydrogens is 130 g/mol. The summed E-state index contributed by atoms with van der Waals surface area (Å²) in [6, 6.07) is 0.186. The van der Waals surface area contributed by atoms with Crippen molar-refractivity contribution in [2.75, 3.05) is 7.11 Å². The third-order valence-corrected chi connectivity index (χ3v) is 1.97. The quantitative estimate of drug-likeness (QED) is 0.584. The lowest BCUT2D eigenvalue weighted by atomic mass is 10.0. The molecule has 0 unspecified atom stereocenters. The van der Waals surface area contributed by atoms with Gasteiger partial charge >= 0.3 is 0 Å². The lowest BCUT2D eigenvalue weighted by Gasteiger charge is -2.31. The van der Waals surface area contributed by atoms with Crippen LogP contribution in [0.3, 0.4) is 0 Å². The van der Waals surface area contributed by atoms with Crippen LogP contribution in [0.4, 0.5) is 0 Å². The highest BCUT2D eigenvalue weighted by Gasteiger charge is 2.24. The molecule has 0 aliphatic carbocycles. The summed E-state index contributed by atoms with van der Waals surface area (Å²) in [5, 5.41) is 0. The van der Waals surface area contributed by atoms with Crippen molar-refractivity contribution < 1.29 is 9.47 Å². The van der Waals surface area contributed by atoms with Crippen molar-refractivity contribution >= 4 is 0 Å². The van der Waals surface area contributed by atoms with Gasteiger partial charge in [0.05, 0.1) is 6.10 Å². The highest BCUT2D eigenvalue weighted by atomic mass is 16.7. The van der Waals surface area contributed by atoms with Crippen LogP contribution in [0.5, 0.6) is 0 Å². The first-order chi connectivity index (χ1) is 4.74. The van der Waals surface area contributed by atoms with Crippen LogP contribution in [0, 0.1) is 0 Å². The van der Waals surface area contributed by atoms with Gasteiger partial charge in [-0.15, -0.1) is 0 Å². The summed E-state index contributed by atoms with van der Waals surface area (Å²) in [6.45, 7) is 1.98. The predicted octanol–water partition coefficient (Wildman–Crippen LogP) is 0.485. The van der Waals surface area contributed by atoms with Crippen molar-refractivity contribution in [2.24, 2.45) is 5.73 Å². The number of rotatable bonds is 1. The Hall–Kier alpha value is -0.120. The van der Waals surface area contributed by atoms with Crippen LogP contribution in [-0.4, -0.2) is 25.5 Å². The van der Waals surface area contributed by atoms with Gasteiger partial charge in [0, 0.05) is 13.2 Å². The lowest BCUT2D eigenvalue weighted by molar-refractivity contribution is -0.180. The molecule has 3 heteroatoms. The van der Waals surface area contributed by atoms with E-state index in [1.54, 1.807) is 7.11 Å². The summed E-state index contributed by atoms with van der Waals surface area (Å²) < 4.78 is 10.4. The van der Waals surface area contributed by atoms with Crippen LogP contribution < -0.4 is 5.73 Å². The van der Waals surface area contributed by atoms with E-state index in [0.29, 0.717) is 0 Å². The van der Waals surface area contributed by atoms with Gasteiger partial charge in [0.2, 0.25) is 0 Å². The summed E-state index contributed by atoms with van der Waals surface area (Å²) in [7, 11) is 1.66. The maximum atomic E-state index is 5.71. The molecule has 0 radical (unpaired) electrons. The van der Waals surface area contributed by atoms with E-state index < -0.39 is 0 Å². The topological polar surface area (TPSA) is 44.5 Å². The van der Waals surface area contributed by atoms with E-state index in [1.165, 1.54) is 0 Å². The molecular formula is C7H15NO2. The van der Waals surface area contributed by atoms with Gasteiger partial charge in [-0.05, 0) is 19.8 Å². The van der Waals surface area contributed by atoms with E-state index in [-0.39, 0.29) is 18.4 Å². The molecule has 1 saturated heterocycles. The van der Waals surface area contributed by atoms with Crippen LogP contribution in [0.2, 0.25) is 0 Å². The van der Waals surface area contributed by atoms with E-state index in [4.69, 9.17) is 15.2 Å². The van der Waals surface area contributed by atoms with Crippen molar-refractivity contribution in [3.63, 3.8) is 0 Å².